The van der Waals surface area contributed by atoms with Crippen molar-refractivity contribution in [2.45, 2.75) is 25.9 Å². The first-order valence-electron chi connectivity index (χ1n) is 8.95. The number of benzene rings is 1. The molecule has 0 radical (unpaired) electrons. The lowest BCUT2D eigenvalue weighted by Gasteiger charge is -2.39. The van der Waals surface area contributed by atoms with Gasteiger partial charge in [-0.3, -0.25) is 9.78 Å². The predicted molar refractivity (Wildman–Crippen MR) is 101 cm³/mol. The van der Waals surface area contributed by atoms with E-state index in [9.17, 15) is 9.59 Å². The summed E-state index contributed by atoms with van der Waals surface area (Å²) in [6.45, 7) is 5.02. The number of ether oxygens (including phenoxy) is 1. The second-order valence-corrected chi connectivity index (χ2v) is 7.00. The fourth-order valence-corrected chi connectivity index (χ4v) is 3.25. The van der Waals surface area contributed by atoms with Crippen LogP contribution >= 0.6 is 0 Å². The van der Waals surface area contributed by atoms with Crippen molar-refractivity contribution in [3.05, 3.63) is 70.3 Å². The maximum atomic E-state index is 12.7. The van der Waals surface area contributed by atoms with Crippen LogP contribution < -0.4 is 10.4 Å². The Morgan fingerprint density at radius 1 is 1.19 bits per heavy atom. The van der Waals surface area contributed by atoms with Crippen molar-refractivity contribution in [1.29, 1.82) is 0 Å². The van der Waals surface area contributed by atoms with Crippen LogP contribution in [0.3, 0.4) is 0 Å². The van der Waals surface area contributed by atoms with Crippen LogP contribution in [-0.4, -0.2) is 35.0 Å². The molecule has 1 saturated heterocycles. The zero-order valence-electron chi connectivity index (χ0n) is 15.2. The van der Waals surface area contributed by atoms with E-state index in [0.717, 1.165) is 5.56 Å². The highest BCUT2D eigenvalue weighted by Crippen LogP contribution is 2.28. The average Bonchev–Trinajstić information content (AvgIpc) is 2.60. The van der Waals surface area contributed by atoms with Gasteiger partial charge in [-0.25, -0.2) is 4.79 Å². The summed E-state index contributed by atoms with van der Waals surface area (Å²) in [6, 6.07) is 10.8. The van der Waals surface area contributed by atoms with Crippen LogP contribution in [-0.2, 0) is 0 Å². The quantitative estimate of drug-likeness (QED) is 0.665. The van der Waals surface area contributed by atoms with E-state index >= 15 is 0 Å². The SMILES string of the molecule is CC(C)Oc1ccc2cc(C(=O)N3CC(c4ccncc4)C3)c(=O)oc2c1. The minimum Gasteiger partial charge on any atom is -0.491 e. The molecule has 0 unspecified atom stereocenters. The van der Waals surface area contributed by atoms with Gasteiger partial charge in [-0.15, -0.1) is 0 Å². The van der Waals surface area contributed by atoms with Crippen molar-refractivity contribution < 1.29 is 13.9 Å². The van der Waals surface area contributed by atoms with E-state index < -0.39 is 5.63 Å². The lowest BCUT2D eigenvalue weighted by molar-refractivity contribution is 0.0598. The number of amides is 1. The Hall–Kier alpha value is -3.15. The number of hydrogen-bond acceptors (Lipinski definition) is 5. The molecule has 0 aliphatic carbocycles. The Morgan fingerprint density at radius 2 is 1.93 bits per heavy atom. The summed E-state index contributed by atoms with van der Waals surface area (Å²) in [5.74, 6) is 0.612. The van der Waals surface area contributed by atoms with Crippen LogP contribution in [0.1, 0.15) is 35.7 Å². The van der Waals surface area contributed by atoms with E-state index in [1.807, 2.05) is 26.0 Å². The molecule has 1 amide bonds. The van der Waals surface area contributed by atoms with Gasteiger partial charge >= 0.3 is 5.63 Å². The maximum absolute atomic E-state index is 12.7. The second kappa shape index (κ2) is 6.87. The number of hydrogen-bond donors (Lipinski definition) is 0. The van der Waals surface area contributed by atoms with Crippen LogP contribution in [0.15, 0.2) is 58.0 Å². The van der Waals surface area contributed by atoms with Crippen molar-refractivity contribution in [3.8, 4) is 5.75 Å². The smallest absolute Gasteiger partial charge is 0.349 e. The van der Waals surface area contributed by atoms with E-state index in [2.05, 4.69) is 4.98 Å². The molecular weight excluding hydrogens is 344 g/mol. The first-order valence-corrected chi connectivity index (χ1v) is 8.95. The highest BCUT2D eigenvalue weighted by Gasteiger charge is 2.33. The third-order valence-corrected chi connectivity index (χ3v) is 4.66. The summed E-state index contributed by atoms with van der Waals surface area (Å²) in [5.41, 5.74) is 1.00. The molecule has 1 aliphatic heterocycles. The van der Waals surface area contributed by atoms with E-state index in [0.29, 0.717) is 29.8 Å². The van der Waals surface area contributed by atoms with E-state index in [4.69, 9.17) is 9.15 Å². The fraction of sp³-hybridized carbons (Fsp3) is 0.286. The van der Waals surface area contributed by atoms with Gasteiger partial charge < -0.3 is 14.1 Å². The van der Waals surface area contributed by atoms with Gasteiger partial charge in [-0.2, -0.15) is 0 Å². The molecule has 0 bridgehead atoms. The monoisotopic (exact) mass is 364 g/mol. The highest BCUT2D eigenvalue weighted by atomic mass is 16.5. The summed E-state index contributed by atoms with van der Waals surface area (Å²) in [6.07, 6.45) is 3.51. The molecule has 0 atom stereocenters. The van der Waals surface area contributed by atoms with Gasteiger partial charge in [0, 0.05) is 42.9 Å². The molecule has 6 nitrogen and oxygen atoms in total. The topological polar surface area (TPSA) is 72.6 Å². The molecule has 0 spiro atoms. The van der Waals surface area contributed by atoms with Crippen LogP contribution in [0.5, 0.6) is 5.75 Å². The molecule has 6 heteroatoms. The predicted octanol–water partition coefficient (Wildman–Crippen LogP) is 3.21. The minimum atomic E-state index is -0.624. The number of rotatable bonds is 4. The molecule has 1 aliphatic rings. The number of likely N-dealkylation sites (tertiary alicyclic amines) is 1. The fourth-order valence-electron chi connectivity index (χ4n) is 3.25. The van der Waals surface area contributed by atoms with Gasteiger partial charge in [0.05, 0.1) is 6.10 Å². The zero-order valence-corrected chi connectivity index (χ0v) is 15.2. The molecule has 27 heavy (non-hydrogen) atoms. The van der Waals surface area contributed by atoms with E-state index in [1.54, 1.807) is 41.6 Å². The zero-order chi connectivity index (χ0) is 19.0. The van der Waals surface area contributed by atoms with Crippen molar-refractivity contribution in [2.24, 2.45) is 0 Å². The Morgan fingerprint density at radius 3 is 2.63 bits per heavy atom. The molecule has 1 fully saturated rings. The first kappa shape index (κ1) is 17.3. The number of carbonyl (C=O) groups is 1. The van der Waals surface area contributed by atoms with Crippen LogP contribution in [0.2, 0.25) is 0 Å². The molecule has 3 heterocycles. The summed E-state index contributed by atoms with van der Waals surface area (Å²) < 4.78 is 11.0. The van der Waals surface area contributed by atoms with Gasteiger partial charge in [0.1, 0.15) is 16.9 Å². The molecule has 0 saturated carbocycles. The largest absolute Gasteiger partial charge is 0.491 e. The lowest BCUT2D eigenvalue weighted by Crippen LogP contribution is -2.49. The molecule has 4 rings (SSSR count). The lowest BCUT2D eigenvalue weighted by atomic mass is 9.91. The van der Waals surface area contributed by atoms with Gasteiger partial charge in [0.25, 0.3) is 5.91 Å². The Labute approximate surface area is 156 Å². The van der Waals surface area contributed by atoms with Crippen molar-refractivity contribution in [3.63, 3.8) is 0 Å². The Bertz CT molecular complexity index is 1040. The molecule has 138 valence electrons. The first-order chi connectivity index (χ1) is 13.0. The van der Waals surface area contributed by atoms with Crippen LogP contribution in [0.4, 0.5) is 0 Å². The minimum absolute atomic E-state index is 0.0229. The van der Waals surface area contributed by atoms with Crippen molar-refractivity contribution >= 4 is 16.9 Å². The number of aromatic nitrogens is 1. The maximum Gasteiger partial charge on any atom is 0.349 e. The van der Waals surface area contributed by atoms with Gasteiger partial charge in [-0.1, -0.05) is 0 Å². The number of carbonyl (C=O) groups excluding carboxylic acids is 1. The molecule has 0 N–H and O–H groups in total. The average molecular weight is 364 g/mol. The van der Waals surface area contributed by atoms with Crippen LogP contribution in [0.25, 0.3) is 11.0 Å². The number of fused-ring (bicyclic) bond motifs is 1. The number of nitrogens with zero attached hydrogens (tertiary/aromatic N) is 2. The van der Waals surface area contributed by atoms with Gasteiger partial charge in [0.15, 0.2) is 0 Å². The van der Waals surface area contributed by atoms with E-state index in [1.165, 1.54) is 0 Å². The van der Waals surface area contributed by atoms with Gasteiger partial charge in [0.2, 0.25) is 0 Å². The Kier molecular flexibility index (Phi) is 4.39. The van der Waals surface area contributed by atoms with Crippen LogP contribution in [0, 0.1) is 0 Å². The summed E-state index contributed by atoms with van der Waals surface area (Å²) in [4.78, 5) is 30.7. The number of pyridine rings is 1. The van der Waals surface area contributed by atoms with Gasteiger partial charge in [-0.05, 0) is 49.7 Å². The highest BCUT2D eigenvalue weighted by molar-refractivity contribution is 5.97. The summed E-state index contributed by atoms with van der Waals surface area (Å²) >= 11 is 0. The summed E-state index contributed by atoms with van der Waals surface area (Å²) in [7, 11) is 0. The third kappa shape index (κ3) is 3.43. The molecule has 3 aromatic rings. The molecule has 2 aromatic heterocycles. The Balaban J connectivity index is 1.54. The standard InChI is InChI=1S/C21H20N2O4/c1-13(2)26-17-4-3-15-9-18(21(25)27-19(15)10-17)20(24)23-11-16(12-23)14-5-7-22-8-6-14/h3-10,13,16H,11-12H2,1-2H3. The van der Waals surface area contributed by atoms with Crippen molar-refractivity contribution in [2.75, 3.05) is 13.1 Å². The second-order valence-electron chi connectivity index (χ2n) is 7.00. The van der Waals surface area contributed by atoms with E-state index in [-0.39, 0.29) is 23.5 Å². The molecule has 1 aromatic carbocycles. The summed E-state index contributed by atoms with van der Waals surface area (Å²) in [5, 5.41) is 0.695. The molecular formula is C21H20N2O4. The van der Waals surface area contributed by atoms with Crippen molar-refractivity contribution in [1.82, 2.24) is 9.88 Å². The normalized spacial score (nSPS) is 14.4. The third-order valence-electron chi connectivity index (χ3n) is 4.66.